The average molecular weight is 323 g/mol. The lowest BCUT2D eigenvalue weighted by Gasteiger charge is -2.15. The van der Waals surface area contributed by atoms with E-state index < -0.39 is 0 Å². The van der Waals surface area contributed by atoms with Crippen LogP contribution in [-0.4, -0.2) is 37.9 Å². The third kappa shape index (κ3) is 3.16. The topological polar surface area (TPSA) is 86.7 Å². The number of nitrogens with zero attached hydrogens (tertiary/aromatic N) is 3. The summed E-state index contributed by atoms with van der Waals surface area (Å²) in [4.78, 5) is 8.56. The zero-order chi connectivity index (χ0) is 16.4. The van der Waals surface area contributed by atoms with Crippen LogP contribution in [0.2, 0.25) is 0 Å². The largest absolute Gasteiger partial charge is 0.393 e. The number of pyridine rings is 1. The number of H-pyrrole nitrogens is 1. The molecule has 3 N–H and O–H groups in total. The van der Waals surface area contributed by atoms with Crippen molar-refractivity contribution in [2.24, 2.45) is 5.92 Å². The van der Waals surface area contributed by atoms with Crippen molar-refractivity contribution >= 4 is 10.9 Å². The van der Waals surface area contributed by atoms with Crippen LogP contribution in [-0.2, 0) is 6.54 Å². The van der Waals surface area contributed by atoms with Crippen molar-refractivity contribution < 1.29 is 5.11 Å². The maximum absolute atomic E-state index is 10.3. The smallest absolute Gasteiger partial charge is 0.137 e. The molecular weight excluding hydrogens is 302 g/mol. The van der Waals surface area contributed by atoms with E-state index in [1.54, 1.807) is 0 Å². The molecule has 0 amide bonds. The van der Waals surface area contributed by atoms with Crippen molar-refractivity contribution in [1.82, 2.24) is 25.5 Å². The summed E-state index contributed by atoms with van der Waals surface area (Å²) in [5, 5.41) is 21.7. The maximum Gasteiger partial charge on any atom is 0.137 e. The fourth-order valence-corrected chi connectivity index (χ4v) is 3.59. The number of aromatic nitrogens is 4. The van der Waals surface area contributed by atoms with Gasteiger partial charge in [-0.15, -0.1) is 0 Å². The van der Waals surface area contributed by atoms with E-state index in [-0.39, 0.29) is 17.9 Å². The minimum absolute atomic E-state index is 0.252. The van der Waals surface area contributed by atoms with Crippen molar-refractivity contribution in [3.05, 3.63) is 54.2 Å². The third-order valence-corrected chi connectivity index (χ3v) is 4.88. The number of hydrogen-bond acceptors (Lipinski definition) is 5. The van der Waals surface area contributed by atoms with Crippen molar-refractivity contribution in [2.45, 2.75) is 31.4 Å². The van der Waals surface area contributed by atoms with E-state index in [1.807, 2.05) is 12.3 Å². The Balaban J connectivity index is 1.33. The molecule has 24 heavy (non-hydrogen) atoms. The van der Waals surface area contributed by atoms with Crippen molar-refractivity contribution in [2.75, 3.05) is 6.54 Å². The van der Waals surface area contributed by atoms with E-state index in [0.717, 1.165) is 42.7 Å². The molecule has 1 aliphatic carbocycles. The Bertz CT molecular complexity index is 804. The minimum atomic E-state index is -0.284. The number of nitrogens with one attached hydrogen (secondary N) is 2. The van der Waals surface area contributed by atoms with E-state index in [9.17, 15) is 5.11 Å². The van der Waals surface area contributed by atoms with Gasteiger partial charge in [0, 0.05) is 30.6 Å². The Morgan fingerprint density at radius 1 is 1.21 bits per heavy atom. The lowest BCUT2D eigenvalue weighted by Crippen LogP contribution is -2.27. The van der Waals surface area contributed by atoms with Gasteiger partial charge in [0.25, 0.3) is 0 Å². The predicted octanol–water partition coefficient (Wildman–Crippen LogP) is 2.00. The predicted molar refractivity (Wildman–Crippen MR) is 91.3 cm³/mol. The summed E-state index contributed by atoms with van der Waals surface area (Å²) in [6.45, 7) is 1.60. The van der Waals surface area contributed by atoms with E-state index >= 15 is 0 Å². The molecule has 0 bridgehead atoms. The SMILES string of the molecule is O[C@@H]1CC(c2ncn[nH]2)C[C@@H]1CNCc1ccc2ncccc2c1. The molecule has 2 aromatic heterocycles. The van der Waals surface area contributed by atoms with E-state index in [2.05, 4.69) is 49.7 Å². The molecule has 124 valence electrons. The van der Waals surface area contributed by atoms with Crippen LogP contribution in [0.3, 0.4) is 0 Å². The fourth-order valence-electron chi connectivity index (χ4n) is 3.59. The van der Waals surface area contributed by atoms with Crippen LogP contribution in [0.15, 0.2) is 42.9 Å². The molecule has 1 saturated carbocycles. The van der Waals surface area contributed by atoms with Crippen LogP contribution >= 0.6 is 0 Å². The summed E-state index contributed by atoms with van der Waals surface area (Å²) in [6.07, 6.45) is 4.75. The Labute approximate surface area is 140 Å². The van der Waals surface area contributed by atoms with Gasteiger partial charge in [-0.05, 0) is 42.5 Å². The number of fused-ring (bicyclic) bond motifs is 1. The van der Waals surface area contributed by atoms with Crippen molar-refractivity contribution in [3.8, 4) is 0 Å². The summed E-state index contributed by atoms with van der Waals surface area (Å²) >= 11 is 0. The van der Waals surface area contributed by atoms with Gasteiger partial charge in [-0.1, -0.05) is 12.1 Å². The summed E-state index contributed by atoms with van der Waals surface area (Å²) < 4.78 is 0. The quantitative estimate of drug-likeness (QED) is 0.668. The van der Waals surface area contributed by atoms with Gasteiger partial charge in [0.2, 0.25) is 0 Å². The summed E-state index contributed by atoms with van der Waals surface area (Å²) in [5.41, 5.74) is 2.25. The molecule has 1 unspecified atom stereocenters. The molecular formula is C18H21N5O. The first kappa shape index (κ1) is 15.2. The van der Waals surface area contributed by atoms with Crippen LogP contribution in [0.1, 0.15) is 30.1 Å². The minimum Gasteiger partial charge on any atom is -0.393 e. The standard InChI is InChI=1S/C18H21N5O/c24-17-8-14(18-21-11-22-23-18)7-15(17)10-19-9-12-3-4-16-13(6-12)2-1-5-20-16/h1-6,11,14-15,17,19,24H,7-10H2,(H,21,22,23)/t14?,15-,17-/m1/s1. The molecule has 1 aliphatic rings. The molecule has 3 atom stereocenters. The van der Waals surface area contributed by atoms with Gasteiger partial charge in [0.1, 0.15) is 12.2 Å². The van der Waals surface area contributed by atoms with Gasteiger partial charge in [-0.25, -0.2) is 4.98 Å². The Kier molecular flexibility index (Phi) is 4.23. The lowest BCUT2D eigenvalue weighted by atomic mass is 10.0. The maximum atomic E-state index is 10.3. The highest BCUT2D eigenvalue weighted by atomic mass is 16.3. The molecule has 0 radical (unpaired) electrons. The fraction of sp³-hybridized carbons (Fsp3) is 0.389. The number of rotatable bonds is 5. The monoisotopic (exact) mass is 323 g/mol. The van der Waals surface area contributed by atoms with E-state index in [4.69, 9.17) is 0 Å². The zero-order valence-corrected chi connectivity index (χ0v) is 13.4. The highest BCUT2D eigenvalue weighted by molar-refractivity contribution is 5.78. The molecule has 6 nitrogen and oxygen atoms in total. The number of benzene rings is 1. The molecule has 2 heterocycles. The normalized spacial score (nSPS) is 23.8. The Hall–Kier alpha value is -2.31. The van der Waals surface area contributed by atoms with Crippen LogP contribution in [0.5, 0.6) is 0 Å². The van der Waals surface area contributed by atoms with Gasteiger partial charge in [0.05, 0.1) is 11.6 Å². The molecule has 0 spiro atoms. The molecule has 0 aliphatic heterocycles. The second kappa shape index (κ2) is 6.67. The van der Waals surface area contributed by atoms with Crippen LogP contribution < -0.4 is 5.32 Å². The number of aromatic amines is 1. The molecule has 0 saturated heterocycles. The summed E-state index contributed by atoms with van der Waals surface area (Å²) in [7, 11) is 0. The molecule has 6 heteroatoms. The van der Waals surface area contributed by atoms with E-state index in [0.29, 0.717) is 0 Å². The number of aliphatic hydroxyl groups excluding tert-OH is 1. The van der Waals surface area contributed by atoms with E-state index in [1.165, 1.54) is 11.9 Å². The van der Waals surface area contributed by atoms with Crippen LogP contribution in [0.4, 0.5) is 0 Å². The first-order chi connectivity index (χ1) is 11.8. The first-order valence-electron chi connectivity index (χ1n) is 8.37. The van der Waals surface area contributed by atoms with Crippen molar-refractivity contribution in [1.29, 1.82) is 0 Å². The van der Waals surface area contributed by atoms with Gasteiger partial charge in [-0.2, -0.15) is 5.10 Å². The van der Waals surface area contributed by atoms with Gasteiger partial charge < -0.3 is 10.4 Å². The first-order valence-corrected chi connectivity index (χ1v) is 8.37. The Morgan fingerprint density at radius 3 is 3.04 bits per heavy atom. The lowest BCUT2D eigenvalue weighted by molar-refractivity contribution is 0.131. The molecule has 4 rings (SSSR count). The van der Waals surface area contributed by atoms with Gasteiger partial charge >= 0.3 is 0 Å². The summed E-state index contributed by atoms with van der Waals surface area (Å²) in [5.74, 6) is 1.42. The zero-order valence-electron chi connectivity index (χ0n) is 13.4. The molecule has 1 aromatic carbocycles. The average Bonchev–Trinajstić information content (AvgIpc) is 3.25. The summed E-state index contributed by atoms with van der Waals surface area (Å²) in [6, 6.07) is 10.4. The van der Waals surface area contributed by atoms with Crippen LogP contribution in [0, 0.1) is 5.92 Å². The second-order valence-electron chi connectivity index (χ2n) is 6.53. The van der Waals surface area contributed by atoms with Crippen molar-refractivity contribution in [3.63, 3.8) is 0 Å². The highest BCUT2D eigenvalue weighted by Gasteiger charge is 2.34. The van der Waals surface area contributed by atoms with Crippen LogP contribution in [0.25, 0.3) is 10.9 Å². The third-order valence-electron chi connectivity index (χ3n) is 4.88. The molecule has 3 aromatic rings. The van der Waals surface area contributed by atoms with Gasteiger partial charge in [-0.3, -0.25) is 10.1 Å². The number of aliphatic hydroxyl groups is 1. The second-order valence-corrected chi connectivity index (χ2v) is 6.53. The number of hydrogen-bond donors (Lipinski definition) is 3. The highest BCUT2D eigenvalue weighted by Crippen LogP contribution is 2.36. The van der Waals surface area contributed by atoms with Gasteiger partial charge in [0.15, 0.2) is 0 Å². The molecule has 1 fully saturated rings. The Morgan fingerprint density at radius 2 is 2.17 bits per heavy atom.